The number of hydrogen-bond acceptors (Lipinski definition) is 3. The van der Waals surface area contributed by atoms with E-state index in [1.54, 1.807) is 0 Å². The topological polar surface area (TPSA) is 16.1 Å². The van der Waals surface area contributed by atoms with Gasteiger partial charge in [0.05, 0.1) is 5.52 Å². The van der Waals surface area contributed by atoms with Gasteiger partial charge in [-0.3, -0.25) is 0 Å². The van der Waals surface area contributed by atoms with Crippen LogP contribution in [0, 0.1) is 0 Å². The Kier molecular flexibility index (Phi) is 4.53. The van der Waals surface area contributed by atoms with E-state index in [1.165, 1.54) is 35.8 Å². The average Bonchev–Trinajstić information content (AvgIpc) is 2.60. The molecule has 2 aromatic carbocycles. The summed E-state index contributed by atoms with van der Waals surface area (Å²) >= 11 is 1.92. The molecular formula is C22H24N2S. The molecule has 1 saturated carbocycles. The lowest BCUT2D eigenvalue weighted by atomic mass is 9.77. The summed E-state index contributed by atoms with van der Waals surface area (Å²) in [7, 11) is 4.43. The highest BCUT2D eigenvalue weighted by atomic mass is 32.2. The van der Waals surface area contributed by atoms with Crippen LogP contribution in [0.3, 0.4) is 0 Å². The lowest BCUT2D eigenvalue weighted by Crippen LogP contribution is -2.52. The lowest BCUT2D eigenvalue weighted by Gasteiger charge is -2.47. The van der Waals surface area contributed by atoms with Gasteiger partial charge in [0.15, 0.2) is 0 Å². The number of hydrogen-bond donors (Lipinski definition) is 0. The molecule has 0 unspecified atom stereocenters. The SMILES string of the molecule is CN(C)C1(CSc2nc3ccccc3cc2-c2ccccc2)CCC1. The minimum atomic E-state index is 0.339. The van der Waals surface area contributed by atoms with Crippen molar-refractivity contribution in [1.29, 1.82) is 0 Å². The first-order valence-corrected chi connectivity index (χ1v) is 9.92. The molecule has 128 valence electrons. The van der Waals surface area contributed by atoms with Crippen LogP contribution in [0.15, 0.2) is 65.7 Å². The molecule has 0 spiro atoms. The molecule has 0 amide bonds. The molecule has 1 fully saturated rings. The zero-order valence-electron chi connectivity index (χ0n) is 14.9. The summed E-state index contributed by atoms with van der Waals surface area (Å²) in [4.78, 5) is 7.43. The molecule has 1 aromatic heterocycles. The fraction of sp³-hybridized carbons (Fsp3) is 0.318. The summed E-state index contributed by atoms with van der Waals surface area (Å²) in [6, 6.07) is 21.3. The Bertz CT molecular complexity index is 870. The fourth-order valence-corrected chi connectivity index (χ4v) is 4.99. The normalized spacial score (nSPS) is 16.1. The summed E-state index contributed by atoms with van der Waals surface area (Å²) in [6.07, 6.45) is 3.93. The smallest absolute Gasteiger partial charge is 0.105 e. The minimum absolute atomic E-state index is 0.339. The van der Waals surface area contributed by atoms with Crippen molar-refractivity contribution in [3.8, 4) is 11.1 Å². The second-order valence-corrected chi connectivity index (χ2v) is 8.12. The van der Waals surface area contributed by atoms with Gasteiger partial charge < -0.3 is 4.90 Å². The molecule has 0 aliphatic heterocycles. The van der Waals surface area contributed by atoms with Gasteiger partial charge in [-0.2, -0.15) is 0 Å². The second-order valence-electron chi connectivity index (χ2n) is 7.16. The average molecular weight is 349 g/mol. The molecule has 0 saturated heterocycles. The standard InChI is InChI=1S/C22H24N2S/c1-24(2)22(13-8-14-22)16-25-21-19(17-9-4-3-5-10-17)15-18-11-6-7-12-20(18)23-21/h3-7,9-12,15H,8,13-14,16H2,1-2H3. The Balaban J connectivity index is 1.73. The first-order chi connectivity index (χ1) is 12.2. The van der Waals surface area contributed by atoms with Crippen molar-refractivity contribution in [1.82, 2.24) is 9.88 Å². The zero-order valence-corrected chi connectivity index (χ0v) is 15.7. The van der Waals surface area contributed by atoms with Gasteiger partial charge in [-0.25, -0.2) is 4.98 Å². The number of rotatable bonds is 5. The van der Waals surface area contributed by atoms with E-state index < -0.39 is 0 Å². The van der Waals surface area contributed by atoms with Crippen LogP contribution in [0.25, 0.3) is 22.0 Å². The predicted molar refractivity (Wildman–Crippen MR) is 108 cm³/mol. The van der Waals surface area contributed by atoms with E-state index in [4.69, 9.17) is 4.98 Å². The molecular weight excluding hydrogens is 324 g/mol. The van der Waals surface area contributed by atoms with E-state index in [-0.39, 0.29) is 0 Å². The molecule has 0 radical (unpaired) electrons. The number of aromatic nitrogens is 1. The molecule has 0 atom stereocenters. The third kappa shape index (κ3) is 3.19. The van der Waals surface area contributed by atoms with Crippen molar-refractivity contribution in [2.75, 3.05) is 19.8 Å². The van der Waals surface area contributed by atoms with E-state index in [0.717, 1.165) is 16.3 Å². The number of nitrogens with zero attached hydrogens (tertiary/aromatic N) is 2. The van der Waals surface area contributed by atoms with Crippen molar-refractivity contribution in [2.45, 2.75) is 29.8 Å². The number of fused-ring (bicyclic) bond motifs is 1. The first kappa shape index (κ1) is 16.6. The fourth-order valence-electron chi connectivity index (χ4n) is 3.54. The van der Waals surface area contributed by atoms with Crippen LogP contribution in [0.1, 0.15) is 19.3 Å². The highest BCUT2D eigenvalue weighted by molar-refractivity contribution is 7.99. The highest BCUT2D eigenvalue weighted by Gasteiger charge is 2.39. The minimum Gasteiger partial charge on any atom is -0.303 e. The Morgan fingerprint density at radius 1 is 1.00 bits per heavy atom. The van der Waals surface area contributed by atoms with E-state index >= 15 is 0 Å². The van der Waals surface area contributed by atoms with E-state index in [9.17, 15) is 0 Å². The summed E-state index contributed by atoms with van der Waals surface area (Å²) in [5.74, 6) is 1.10. The van der Waals surface area contributed by atoms with Gasteiger partial charge in [-0.05, 0) is 51.1 Å². The Morgan fingerprint density at radius 2 is 1.72 bits per heavy atom. The van der Waals surface area contributed by atoms with Gasteiger partial charge in [0, 0.05) is 22.2 Å². The molecule has 4 rings (SSSR count). The highest BCUT2D eigenvalue weighted by Crippen LogP contribution is 2.42. The van der Waals surface area contributed by atoms with Crippen LogP contribution in [0.2, 0.25) is 0 Å². The van der Waals surface area contributed by atoms with Crippen LogP contribution >= 0.6 is 11.8 Å². The molecule has 3 heteroatoms. The lowest BCUT2D eigenvalue weighted by molar-refractivity contribution is 0.0856. The van der Waals surface area contributed by atoms with Gasteiger partial charge in [-0.1, -0.05) is 48.5 Å². The third-order valence-electron chi connectivity index (χ3n) is 5.48. The predicted octanol–water partition coefficient (Wildman–Crippen LogP) is 5.48. The quantitative estimate of drug-likeness (QED) is 0.568. The van der Waals surface area contributed by atoms with Gasteiger partial charge in [0.1, 0.15) is 5.03 Å². The van der Waals surface area contributed by atoms with Crippen LogP contribution in [0.4, 0.5) is 0 Å². The molecule has 1 aliphatic carbocycles. The van der Waals surface area contributed by atoms with E-state index in [1.807, 2.05) is 11.8 Å². The maximum Gasteiger partial charge on any atom is 0.105 e. The van der Waals surface area contributed by atoms with E-state index in [2.05, 4.69) is 79.7 Å². The van der Waals surface area contributed by atoms with Crippen molar-refractivity contribution in [2.24, 2.45) is 0 Å². The Labute approximate surface area is 154 Å². The molecule has 1 heterocycles. The largest absolute Gasteiger partial charge is 0.303 e. The molecule has 0 bridgehead atoms. The summed E-state index contributed by atoms with van der Waals surface area (Å²) in [5, 5.41) is 2.36. The molecule has 3 aromatic rings. The summed E-state index contributed by atoms with van der Waals surface area (Å²) in [6.45, 7) is 0. The molecule has 1 aliphatic rings. The monoisotopic (exact) mass is 348 g/mol. The van der Waals surface area contributed by atoms with Crippen LogP contribution in [0.5, 0.6) is 0 Å². The number of thioether (sulfide) groups is 1. The van der Waals surface area contributed by atoms with Gasteiger partial charge in [0.2, 0.25) is 0 Å². The van der Waals surface area contributed by atoms with Crippen LogP contribution < -0.4 is 0 Å². The van der Waals surface area contributed by atoms with Crippen LogP contribution in [-0.2, 0) is 0 Å². The Hall–Kier alpha value is -1.84. The zero-order chi connectivity index (χ0) is 17.3. The van der Waals surface area contributed by atoms with Gasteiger partial charge in [0.25, 0.3) is 0 Å². The number of pyridine rings is 1. The Morgan fingerprint density at radius 3 is 2.40 bits per heavy atom. The van der Waals surface area contributed by atoms with Crippen molar-refractivity contribution >= 4 is 22.7 Å². The van der Waals surface area contributed by atoms with E-state index in [0.29, 0.717) is 5.54 Å². The second kappa shape index (κ2) is 6.81. The van der Waals surface area contributed by atoms with Crippen molar-refractivity contribution in [3.63, 3.8) is 0 Å². The third-order valence-corrected chi connectivity index (χ3v) is 6.75. The van der Waals surface area contributed by atoms with Gasteiger partial charge >= 0.3 is 0 Å². The summed E-state index contributed by atoms with van der Waals surface area (Å²) in [5.41, 5.74) is 3.91. The summed E-state index contributed by atoms with van der Waals surface area (Å²) < 4.78 is 0. The van der Waals surface area contributed by atoms with Crippen LogP contribution in [-0.4, -0.2) is 35.3 Å². The number of benzene rings is 2. The molecule has 25 heavy (non-hydrogen) atoms. The van der Waals surface area contributed by atoms with Gasteiger partial charge in [-0.15, -0.1) is 11.8 Å². The van der Waals surface area contributed by atoms with Crippen molar-refractivity contribution in [3.05, 3.63) is 60.7 Å². The first-order valence-electron chi connectivity index (χ1n) is 8.93. The number of para-hydroxylation sites is 1. The maximum atomic E-state index is 5.02. The maximum absolute atomic E-state index is 5.02. The van der Waals surface area contributed by atoms with Crippen molar-refractivity contribution < 1.29 is 0 Å². The molecule has 2 nitrogen and oxygen atoms in total. The molecule has 0 N–H and O–H groups in total.